The van der Waals surface area contributed by atoms with Gasteiger partial charge in [0.2, 0.25) is 5.91 Å². The second-order valence-electron chi connectivity index (χ2n) is 7.49. The van der Waals surface area contributed by atoms with Crippen molar-refractivity contribution >= 4 is 17.5 Å². The first-order valence-corrected chi connectivity index (χ1v) is 10.3. The van der Waals surface area contributed by atoms with Gasteiger partial charge in [0.05, 0.1) is 6.54 Å². The number of rotatable bonds is 5. The van der Waals surface area contributed by atoms with Crippen molar-refractivity contribution in [2.75, 3.05) is 26.2 Å². The lowest BCUT2D eigenvalue weighted by atomic mass is 9.95. The summed E-state index contributed by atoms with van der Waals surface area (Å²) in [5, 5.41) is 3.44. The van der Waals surface area contributed by atoms with Gasteiger partial charge in [-0.25, -0.2) is 4.39 Å². The second-order valence-corrected chi connectivity index (χ2v) is 7.90. The highest BCUT2D eigenvalue weighted by atomic mass is 35.5. The van der Waals surface area contributed by atoms with Crippen molar-refractivity contribution in [3.63, 3.8) is 0 Å². The van der Waals surface area contributed by atoms with E-state index in [1.165, 1.54) is 6.07 Å². The number of carbonyl (C=O) groups excluding carboxylic acids is 1. The number of amides is 1. The highest BCUT2D eigenvalue weighted by molar-refractivity contribution is 6.31. The molecule has 2 aliphatic heterocycles. The van der Waals surface area contributed by atoms with Gasteiger partial charge in [0.1, 0.15) is 18.5 Å². The first kappa shape index (κ1) is 20.0. The SMILES string of the molecule is O=C(NCC1COc2ccccc2O1)C1CCN(Cc2c(F)cccc2Cl)CC1. The van der Waals surface area contributed by atoms with Crippen molar-refractivity contribution < 1.29 is 18.7 Å². The van der Waals surface area contributed by atoms with Gasteiger partial charge in [0.25, 0.3) is 0 Å². The average molecular weight is 419 g/mol. The van der Waals surface area contributed by atoms with Crippen LogP contribution in [-0.4, -0.2) is 43.2 Å². The summed E-state index contributed by atoms with van der Waals surface area (Å²) >= 11 is 6.12. The molecule has 0 saturated carbocycles. The molecule has 0 spiro atoms. The van der Waals surface area contributed by atoms with E-state index in [0.29, 0.717) is 36.0 Å². The van der Waals surface area contributed by atoms with Crippen LogP contribution >= 0.6 is 11.6 Å². The summed E-state index contributed by atoms with van der Waals surface area (Å²) in [6, 6.07) is 12.3. The first-order chi connectivity index (χ1) is 14.1. The topological polar surface area (TPSA) is 50.8 Å². The number of carbonyl (C=O) groups is 1. The minimum absolute atomic E-state index is 0.0380. The summed E-state index contributed by atoms with van der Waals surface area (Å²) < 4.78 is 25.5. The van der Waals surface area contributed by atoms with Crippen LogP contribution in [0.25, 0.3) is 0 Å². The van der Waals surface area contributed by atoms with Crippen LogP contribution in [0.4, 0.5) is 4.39 Å². The van der Waals surface area contributed by atoms with E-state index in [1.54, 1.807) is 12.1 Å². The third kappa shape index (κ3) is 4.82. The lowest BCUT2D eigenvalue weighted by molar-refractivity contribution is -0.127. The molecule has 1 amide bonds. The normalized spacial score (nSPS) is 19.7. The van der Waals surface area contributed by atoms with Crippen molar-refractivity contribution in [2.45, 2.75) is 25.5 Å². The lowest BCUT2D eigenvalue weighted by Gasteiger charge is -2.32. The van der Waals surface area contributed by atoms with Crippen molar-refractivity contribution in [3.05, 3.63) is 58.9 Å². The summed E-state index contributed by atoms with van der Waals surface area (Å²) in [6.45, 7) is 2.77. The molecule has 1 atom stereocenters. The second kappa shape index (κ2) is 9.01. The maximum Gasteiger partial charge on any atom is 0.223 e. The molecule has 0 radical (unpaired) electrons. The van der Waals surface area contributed by atoms with Crippen LogP contribution in [0.3, 0.4) is 0 Å². The van der Waals surface area contributed by atoms with Gasteiger partial charge in [-0.3, -0.25) is 9.69 Å². The maximum absolute atomic E-state index is 14.0. The molecule has 1 fully saturated rings. The third-order valence-electron chi connectivity index (χ3n) is 5.47. The fraction of sp³-hybridized carbons (Fsp3) is 0.409. The maximum atomic E-state index is 14.0. The number of likely N-dealkylation sites (tertiary alicyclic amines) is 1. The number of nitrogens with zero attached hydrogens (tertiary/aromatic N) is 1. The van der Waals surface area contributed by atoms with E-state index < -0.39 is 0 Å². The molecular formula is C22H24ClFN2O3. The molecule has 0 aliphatic carbocycles. The Hall–Kier alpha value is -2.31. The van der Waals surface area contributed by atoms with E-state index >= 15 is 0 Å². The van der Waals surface area contributed by atoms with Gasteiger partial charge in [-0.05, 0) is 50.2 Å². The fourth-order valence-corrected chi connectivity index (χ4v) is 4.01. The Morgan fingerprint density at radius 1 is 1.14 bits per heavy atom. The van der Waals surface area contributed by atoms with Crippen molar-refractivity contribution in [2.24, 2.45) is 5.92 Å². The number of ether oxygens (including phenoxy) is 2. The number of benzene rings is 2. The molecule has 4 rings (SSSR count). The van der Waals surface area contributed by atoms with Crippen LogP contribution < -0.4 is 14.8 Å². The molecule has 2 aromatic carbocycles. The first-order valence-electron chi connectivity index (χ1n) is 9.91. The molecule has 2 aliphatic rings. The molecule has 154 valence electrons. The van der Waals surface area contributed by atoms with Crippen molar-refractivity contribution in [1.82, 2.24) is 10.2 Å². The van der Waals surface area contributed by atoms with Gasteiger partial charge in [-0.15, -0.1) is 0 Å². The molecule has 29 heavy (non-hydrogen) atoms. The minimum atomic E-state index is -0.284. The summed E-state index contributed by atoms with van der Waals surface area (Å²) in [4.78, 5) is 14.7. The Balaban J connectivity index is 1.22. The summed E-state index contributed by atoms with van der Waals surface area (Å²) in [7, 11) is 0. The van der Waals surface area contributed by atoms with Crippen LogP contribution in [-0.2, 0) is 11.3 Å². The van der Waals surface area contributed by atoms with Crippen LogP contribution in [0, 0.1) is 11.7 Å². The van der Waals surface area contributed by atoms with E-state index in [2.05, 4.69) is 10.2 Å². The standard InChI is InChI=1S/C22H24ClFN2O3/c23-18-4-3-5-19(24)17(18)13-26-10-8-15(9-11-26)22(27)25-12-16-14-28-20-6-1-2-7-21(20)29-16/h1-7,15-16H,8-14H2,(H,25,27). The van der Waals surface area contributed by atoms with E-state index in [0.717, 1.165) is 31.7 Å². The zero-order chi connectivity index (χ0) is 20.2. The van der Waals surface area contributed by atoms with E-state index in [-0.39, 0.29) is 23.7 Å². The van der Waals surface area contributed by atoms with E-state index in [9.17, 15) is 9.18 Å². The number of piperidine rings is 1. The van der Waals surface area contributed by atoms with Gasteiger partial charge in [0, 0.05) is 23.0 Å². The molecule has 1 saturated heterocycles. The molecular weight excluding hydrogens is 395 g/mol. The van der Waals surface area contributed by atoms with Crippen LogP contribution in [0.2, 0.25) is 5.02 Å². The Bertz CT molecular complexity index is 851. The smallest absolute Gasteiger partial charge is 0.223 e. The lowest BCUT2D eigenvalue weighted by Crippen LogP contribution is -2.45. The Labute approximate surface area is 174 Å². The Morgan fingerprint density at radius 3 is 2.66 bits per heavy atom. The molecule has 0 aromatic heterocycles. The van der Waals surface area contributed by atoms with Gasteiger partial charge < -0.3 is 14.8 Å². The summed E-state index contributed by atoms with van der Waals surface area (Å²) in [5.74, 6) is 1.15. The minimum Gasteiger partial charge on any atom is -0.486 e. The van der Waals surface area contributed by atoms with Crippen LogP contribution in [0.5, 0.6) is 11.5 Å². The zero-order valence-corrected chi connectivity index (χ0v) is 16.8. The van der Waals surface area contributed by atoms with Crippen molar-refractivity contribution in [3.8, 4) is 11.5 Å². The van der Waals surface area contributed by atoms with Crippen molar-refractivity contribution in [1.29, 1.82) is 0 Å². The highest BCUT2D eigenvalue weighted by Crippen LogP contribution is 2.30. The van der Waals surface area contributed by atoms with Gasteiger partial charge in [0.15, 0.2) is 11.5 Å². The largest absolute Gasteiger partial charge is 0.486 e. The summed E-state index contributed by atoms with van der Waals surface area (Å²) in [5.41, 5.74) is 0.520. The molecule has 1 N–H and O–H groups in total. The quantitative estimate of drug-likeness (QED) is 0.805. The average Bonchev–Trinajstić information content (AvgIpc) is 2.75. The Morgan fingerprint density at radius 2 is 1.90 bits per heavy atom. The molecule has 5 nitrogen and oxygen atoms in total. The number of hydrogen-bond donors (Lipinski definition) is 1. The van der Waals surface area contributed by atoms with E-state index in [4.69, 9.17) is 21.1 Å². The number of fused-ring (bicyclic) bond motifs is 1. The predicted octanol–water partition coefficient (Wildman–Crippen LogP) is 3.65. The number of halogens is 2. The summed E-state index contributed by atoms with van der Waals surface area (Å²) in [6.07, 6.45) is 1.28. The van der Waals surface area contributed by atoms with Gasteiger partial charge in [-0.1, -0.05) is 29.8 Å². The molecule has 2 aromatic rings. The molecule has 2 heterocycles. The van der Waals surface area contributed by atoms with Gasteiger partial charge in [-0.2, -0.15) is 0 Å². The molecule has 7 heteroatoms. The fourth-order valence-electron chi connectivity index (χ4n) is 3.78. The Kier molecular flexibility index (Phi) is 6.21. The number of hydrogen-bond acceptors (Lipinski definition) is 4. The zero-order valence-electron chi connectivity index (χ0n) is 16.1. The van der Waals surface area contributed by atoms with Gasteiger partial charge >= 0.3 is 0 Å². The third-order valence-corrected chi connectivity index (χ3v) is 5.83. The number of para-hydroxylation sites is 2. The molecule has 1 unspecified atom stereocenters. The van der Waals surface area contributed by atoms with E-state index in [1.807, 2.05) is 24.3 Å². The van der Waals surface area contributed by atoms with Crippen LogP contribution in [0.15, 0.2) is 42.5 Å². The molecule has 0 bridgehead atoms. The monoisotopic (exact) mass is 418 g/mol. The predicted molar refractivity (Wildman–Crippen MR) is 109 cm³/mol. The van der Waals surface area contributed by atoms with Crippen LogP contribution in [0.1, 0.15) is 18.4 Å². The highest BCUT2D eigenvalue weighted by Gasteiger charge is 2.27. The number of nitrogens with one attached hydrogen (secondary N) is 1.